The van der Waals surface area contributed by atoms with E-state index in [0.717, 1.165) is 10.6 Å². The molecule has 0 heterocycles. The molecule has 1 amide bonds. The molecule has 0 saturated heterocycles. The van der Waals surface area contributed by atoms with Crippen LogP contribution in [0.2, 0.25) is 5.02 Å². The first-order chi connectivity index (χ1) is 10.1. The predicted molar refractivity (Wildman–Crippen MR) is 88.4 cm³/mol. The highest BCUT2D eigenvalue weighted by Crippen LogP contribution is 2.28. The van der Waals surface area contributed by atoms with Gasteiger partial charge in [0.05, 0.1) is 23.1 Å². The number of benzene rings is 2. The molecule has 0 bridgehead atoms. The van der Waals surface area contributed by atoms with E-state index in [9.17, 15) is 4.79 Å². The van der Waals surface area contributed by atoms with Crippen molar-refractivity contribution in [3.63, 3.8) is 0 Å². The van der Waals surface area contributed by atoms with Crippen molar-refractivity contribution in [2.24, 2.45) is 0 Å². The Morgan fingerprint density at radius 1 is 1.24 bits per heavy atom. The summed E-state index contributed by atoms with van der Waals surface area (Å²) in [6.07, 6.45) is 0. The van der Waals surface area contributed by atoms with E-state index in [-0.39, 0.29) is 11.2 Å². The largest absolute Gasteiger partial charge is 0.497 e. The summed E-state index contributed by atoms with van der Waals surface area (Å²) >= 11 is 7.51. The van der Waals surface area contributed by atoms with E-state index in [1.54, 1.807) is 19.2 Å². The van der Waals surface area contributed by atoms with Crippen LogP contribution in [0.1, 0.15) is 6.92 Å². The maximum Gasteiger partial charge on any atom is 0.237 e. The van der Waals surface area contributed by atoms with Crippen molar-refractivity contribution in [3.05, 3.63) is 53.6 Å². The normalized spacial score (nSPS) is 11.8. The number of para-hydroxylation sites is 1. The lowest BCUT2D eigenvalue weighted by molar-refractivity contribution is -0.115. The first-order valence-electron chi connectivity index (χ1n) is 6.46. The molecule has 0 aliphatic carbocycles. The minimum absolute atomic E-state index is 0.0871. The molecule has 1 atom stereocenters. The molecule has 110 valence electrons. The summed E-state index contributed by atoms with van der Waals surface area (Å²) in [4.78, 5) is 13.2. The molecular formula is C16H16ClNO2S. The average Bonchev–Trinajstić information content (AvgIpc) is 2.49. The fourth-order valence-corrected chi connectivity index (χ4v) is 2.83. The number of thioether (sulfide) groups is 1. The summed E-state index contributed by atoms with van der Waals surface area (Å²) in [5, 5.41) is 3.13. The van der Waals surface area contributed by atoms with Gasteiger partial charge in [-0.05, 0) is 37.3 Å². The summed E-state index contributed by atoms with van der Waals surface area (Å²) in [5.41, 5.74) is 0.627. The summed E-state index contributed by atoms with van der Waals surface area (Å²) in [5.74, 6) is 0.689. The van der Waals surface area contributed by atoms with E-state index in [4.69, 9.17) is 16.3 Å². The fraction of sp³-hybridized carbons (Fsp3) is 0.188. The Labute approximate surface area is 133 Å². The molecule has 0 fully saturated rings. The Balaban J connectivity index is 2.01. The maximum absolute atomic E-state index is 12.2. The minimum atomic E-state index is -0.242. The van der Waals surface area contributed by atoms with Gasteiger partial charge in [-0.1, -0.05) is 29.8 Å². The van der Waals surface area contributed by atoms with Crippen LogP contribution in [0.3, 0.4) is 0 Å². The minimum Gasteiger partial charge on any atom is -0.497 e. The number of carbonyl (C=O) groups excluding carboxylic acids is 1. The van der Waals surface area contributed by atoms with E-state index in [2.05, 4.69) is 5.32 Å². The molecule has 2 aromatic rings. The van der Waals surface area contributed by atoms with Crippen molar-refractivity contribution in [3.8, 4) is 5.75 Å². The Morgan fingerprint density at radius 2 is 2.00 bits per heavy atom. The molecule has 2 rings (SSSR count). The quantitative estimate of drug-likeness (QED) is 0.826. The highest BCUT2D eigenvalue weighted by atomic mass is 35.5. The number of nitrogens with one attached hydrogen (secondary N) is 1. The smallest absolute Gasteiger partial charge is 0.237 e. The standard InChI is InChI=1S/C16H16ClNO2S/c1-11(21-13-7-5-6-12(10-13)20-2)16(19)18-15-9-4-3-8-14(15)17/h3-11H,1-2H3,(H,18,19). The van der Waals surface area contributed by atoms with E-state index in [0.29, 0.717) is 10.7 Å². The number of halogens is 1. The second-order valence-corrected chi connectivity index (χ2v) is 6.23. The molecule has 0 saturated carbocycles. The average molecular weight is 322 g/mol. The van der Waals surface area contributed by atoms with Crippen molar-refractivity contribution in [2.45, 2.75) is 17.1 Å². The molecule has 3 nitrogen and oxygen atoms in total. The second-order valence-electron chi connectivity index (χ2n) is 4.41. The maximum atomic E-state index is 12.2. The summed E-state index contributed by atoms with van der Waals surface area (Å²) < 4.78 is 5.18. The molecule has 0 aliphatic rings. The van der Waals surface area contributed by atoms with Crippen molar-refractivity contribution >= 4 is 35.0 Å². The molecule has 1 N–H and O–H groups in total. The van der Waals surface area contributed by atoms with Crippen molar-refractivity contribution in [1.29, 1.82) is 0 Å². The zero-order valence-electron chi connectivity index (χ0n) is 11.8. The van der Waals surface area contributed by atoms with Gasteiger partial charge in [0.2, 0.25) is 5.91 Å². The van der Waals surface area contributed by atoms with Crippen molar-refractivity contribution < 1.29 is 9.53 Å². The second kappa shape index (κ2) is 7.38. The lowest BCUT2D eigenvalue weighted by Gasteiger charge is -2.13. The number of anilines is 1. The number of hydrogen-bond donors (Lipinski definition) is 1. The van der Waals surface area contributed by atoms with Crippen LogP contribution in [-0.2, 0) is 4.79 Å². The lowest BCUT2D eigenvalue weighted by Crippen LogP contribution is -2.22. The zero-order chi connectivity index (χ0) is 15.2. The third-order valence-electron chi connectivity index (χ3n) is 2.86. The lowest BCUT2D eigenvalue weighted by atomic mass is 10.3. The molecule has 0 radical (unpaired) electrons. The van der Waals surface area contributed by atoms with Gasteiger partial charge in [0.15, 0.2) is 0 Å². The van der Waals surface area contributed by atoms with Gasteiger partial charge in [0.25, 0.3) is 0 Å². The van der Waals surface area contributed by atoms with Crippen LogP contribution in [0.25, 0.3) is 0 Å². The van der Waals surface area contributed by atoms with Gasteiger partial charge in [0.1, 0.15) is 5.75 Å². The Kier molecular flexibility index (Phi) is 5.53. The topological polar surface area (TPSA) is 38.3 Å². The van der Waals surface area contributed by atoms with Crippen LogP contribution >= 0.6 is 23.4 Å². The molecule has 2 aromatic carbocycles. The number of rotatable bonds is 5. The highest BCUT2D eigenvalue weighted by Gasteiger charge is 2.15. The summed E-state index contributed by atoms with van der Waals surface area (Å²) in [7, 11) is 1.62. The number of ether oxygens (including phenoxy) is 1. The van der Waals surface area contributed by atoms with Gasteiger partial charge in [-0.3, -0.25) is 4.79 Å². The molecule has 0 spiro atoms. The van der Waals surface area contributed by atoms with Crippen LogP contribution < -0.4 is 10.1 Å². The molecule has 0 aliphatic heterocycles. The number of methoxy groups -OCH3 is 1. The first kappa shape index (κ1) is 15.7. The third kappa shape index (κ3) is 4.41. The number of hydrogen-bond acceptors (Lipinski definition) is 3. The van der Waals surface area contributed by atoms with Gasteiger partial charge in [-0.2, -0.15) is 0 Å². The van der Waals surface area contributed by atoms with Gasteiger partial charge in [0, 0.05) is 4.90 Å². The third-order valence-corrected chi connectivity index (χ3v) is 4.28. The van der Waals surface area contributed by atoms with Crippen molar-refractivity contribution in [2.75, 3.05) is 12.4 Å². The molecule has 1 unspecified atom stereocenters. The number of amides is 1. The zero-order valence-corrected chi connectivity index (χ0v) is 13.4. The fourth-order valence-electron chi connectivity index (χ4n) is 1.73. The Hall–Kier alpha value is -1.65. The van der Waals surface area contributed by atoms with E-state index in [1.165, 1.54) is 11.8 Å². The van der Waals surface area contributed by atoms with E-state index >= 15 is 0 Å². The van der Waals surface area contributed by atoms with Crippen LogP contribution in [-0.4, -0.2) is 18.3 Å². The number of carbonyl (C=O) groups is 1. The van der Waals surface area contributed by atoms with Crippen LogP contribution in [0.5, 0.6) is 5.75 Å². The monoisotopic (exact) mass is 321 g/mol. The highest BCUT2D eigenvalue weighted by molar-refractivity contribution is 8.00. The van der Waals surface area contributed by atoms with Gasteiger partial charge in [-0.25, -0.2) is 0 Å². The van der Waals surface area contributed by atoms with Crippen molar-refractivity contribution in [1.82, 2.24) is 0 Å². The van der Waals surface area contributed by atoms with Crippen LogP contribution in [0, 0.1) is 0 Å². The van der Waals surface area contributed by atoms with Gasteiger partial charge < -0.3 is 10.1 Å². The molecular weight excluding hydrogens is 306 g/mol. The Bertz CT molecular complexity index is 633. The van der Waals surface area contributed by atoms with Gasteiger partial charge in [-0.15, -0.1) is 11.8 Å². The molecule has 21 heavy (non-hydrogen) atoms. The summed E-state index contributed by atoms with van der Waals surface area (Å²) in [6, 6.07) is 14.8. The first-order valence-corrected chi connectivity index (χ1v) is 7.72. The SMILES string of the molecule is COc1cccc(SC(C)C(=O)Nc2ccccc2Cl)c1. The van der Waals surface area contributed by atoms with Crippen LogP contribution in [0.15, 0.2) is 53.4 Å². The predicted octanol–water partition coefficient (Wildman–Crippen LogP) is 4.47. The summed E-state index contributed by atoms with van der Waals surface area (Å²) in [6.45, 7) is 1.86. The molecule has 0 aromatic heterocycles. The molecule has 5 heteroatoms. The van der Waals surface area contributed by atoms with E-state index in [1.807, 2.05) is 43.3 Å². The van der Waals surface area contributed by atoms with Gasteiger partial charge >= 0.3 is 0 Å². The Morgan fingerprint density at radius 3 is 2.71 bits per heavy atom. The van der Waals surface area contributed by atoms with E-state index < -0.39 is 0 Å². The van der Waals surface area contributed by atoms with Crippen LogP contribution in [0.4, 0.5) is 5.69 Å².